The van der Waals surface area contributed by atoms with E-state index in [9.17, 15) is 8.42 Å². The van der Waals surface area contributed by atoms with Crippen molar-refractivity contribution < 1.29 is 13.2 Å². The Bertz CT molecular complexity index is 654. The van der Waals surface area contributed by atoms with Gasteiger partial charge in [0.15, 0.2) is 0 Å². The maximum Gasteiger partial charge on any atom is 0.211 e. The second-order valence-electron chi connectivity index (χ2n) is 6.94. The van der Waals surface area contributed by atoms with Crippen LogP contribution in [0.5, 0.6) is 5.75 Å². The van der Waals surface area contributed by atoms with Crippen molar-refractivity contribution in [1.82, 2.24) is 5.32 Å². The Morgan fingerprint density at radius 2 is 2.13 bits per heavy atom. The molecule has 3 atom stereocenters. The van der Waals surface area contributed by atoms with Gasteiger partial charge < -0.3 is 10.1 Å². The van der Waals surface area contributed by atoms with Crippen molar-refractivity contribution in [2.24, 2.45) is 11.1 Å². The number of primary sulfonamides is 1. The summed E-state index contributed by atoms with van der Waals surface area (Å²) in [5.41, 5.74) is 2.59. The van der Waals surface area contributed by atoms with Gasteiger partial charge in [-0.1, -0.05) is 6.07 Å². The van der Waals surface area contributed by atoms with Crippen LogP contribution in [0.4, 0.5) is 0 Å². The molecule has 1 fully saturated rings. The zero-order valence-corrected chi connectivity index (χ0v) is 14.4. The number of hydrogen-bond acceptors (Lipinski definition) is 4. The summed E-state index contributed by atoms with van der Waals surface area (Å²) in [6.45, 7) is 3.49. The highest BCUT2D eigenvalue weighted by atomic mass is 32.2. The number of sulfonamides is 1. The van der Waals surface area contributed by atoms with Crippen molar-refractivity contribution in [3.63, 3.8) is 0 Å². The molecule has 23 heavy (non-hydrogen) atoms. The molecule has 6 heteroatoms. The van der Waals surface area contributed by atoms with Crippen LogP contribution in [-0.4, -0.2) is 32.9 Å². The number of ether oxygens (including phenoxy) is 1. The summed E-state index contributed by atoms with van der Waals surface area (Å²) in [6.07, 6.45) is 4.87. The van der Waals surface area contributed by atoms with Gasteiger partial charge in [0.2, 0.25) is 10.0 Å². The quantitative estimate of drug-likeness (QED) is 0.825. The molecule has 128 valence electrons. The van der Waals surface area contributed by atoms with E-state index in [1.807, 2.05) is 6.07 Å². The summed E-state index contributed by atoms with van der Waals surface area (Å²) in [4.78, 5) is 0. The molecule has 5 nitrogen and oxygen atoms in total. The lowest BCUT2D eigenvalue weighted by Crippen LogP contribution is -2.28. The smallest absolute Gasteiger partial charge is 0.211 e. The molecule has 2 aliphatic rings. The Labute approximate surface area is 138 Å². The van der Waals surface area contributed by atoms with Crippen molar-refractivity contribution in [2.75, 3.05) is 13.2 Å². The number of benzene rings is 1. The first-order valence-electron chi connectivity index (χ1n) is 8.41. The van der Waals surface area contributed by atoms with E-state index < -0.39 is 15.3 Å². The van der Waals surface area contributed by atoms with Crippen LogP contribution >= 0.6 is 0 Å². The van der Waals surface area contributed by atoms with E-state index >= 15 is 0 Å². The lowest BCUT2D eigenvalue weighted by Gasteiger charge is -2.14. The second-order valence-corrected chi connectivity index (χ2v) is 8.93. The third-order valence-corrected chi connectivity index (χ3v) is 6.35. The summed E-state index contributed by atoms with van der Waals surface area (Å²) >= 11 is 0. The number of rotatable bonds is 6. The zero-order chi connectivity index (χ0) is 16.4. The van der Waals surface area contributed by atoms with Gasteiger partial charge in [-0.25, -0.2) is 13.6 Å². The average Bonchev–Trinajstić information content (AvgIpc) is 3.12. The third kappa shape index (κ3) is 4.25. The fourth-order valence-corrected chi connectivity index (χ4v) is 4.18. The normalized spacial score (nSPS) is 25.3. The first-order valence-corrected chi connectivity index (χ1v) is 10.0. The number of hydrogen-bond donors (Lipinski definition) is 2. The van der Waals surface area contributed by atoms with E-state index in [2.05, 4.69) is 17.4 Å². The Hall–Kier alpha value is -1.11. The van der Waals surface area contributed by atoms with E-state index in [-0.39, 0.29) is 0 Å². The molecule has 0 saturated carbocycles. The van der Waals surface area contributed by atoms with Crippen molar-refractivity contribution >= 4 is 10.0 Å². The molecule has 1 aromatic carbocycles. The van der Waals surface area contributed by atoms with E-state index in [0.29, 0.717) is 25.0 Å². The molecule has 1 aliphatic carbocycles. The fraction of sp³-hybridized carbons (Fsp3) is 0.647. The molecule has 0 spiro atoms. The summed E-state index contributed by atoms with van der Waals surface area (Å²) in [5, 5.41) is 8.18. The van der Waals surface area contributed by atoms with Gasteiger partial charge in [-0.2, -0.15) is 0 Å². The van der Waals surface area contributed by atoms with Crippen LogP contribution in [0.3, 0.4) is 0 Å². The molecular formula is C17H26N2O3S. The highest BCUT2D eigenvalue weighted by molar-refractivity contribution is 7.89. The van der Waals surface area contributed by atoms with Crippen LogP contribution in [0.2, 0.25) is 0 Å². The molecule has 1 unspecified atom stereocenters. The summed E-state index contributed by atoms with van der Waals surface area (Å²) in [7, 11) is -3.44. The van der Waals surface area contributed by atoms with Crippen molar-refractivity contribution in [1.29, 1.82) is 0 Å². The highest BCUT2D eigenvalue weighted by Gasteiger charge is 2.27. The predicted molar refractivity (Wildman–Crippen MR) is 91.0 cm³/mol. The lowest BCUT2D eigenvalue weighted by atomic mass is 10.0. The van der Waals surface area contributed by atoms with Gasteiger partial charge in [0.1, 0.15) is 12.4 Å². The summed E-state index contributed by atoms with van der Waals surface area (Å²) in [5.74, 6) is 1.27. The van der Waals surface area contributed by atoms with Crippen molar-refractivity contribution in [3.05, 3.63) is 29.3 Å². The number of fused-ring (bicyclic) bond motifs is 1. The molecule has 1 saturated heterocycles. The van der Waals surface area contributed by atoms with Crippen LogP contribution in [0.15, 0.2) is 18.2 Å². The van der Waals surface area contributed by atoms with E-state index in [0.717, 1.165) is 25.1 Å². The molecule has 1 aliphatic heterocycles. The Morgan fingerprint density at radius 3 is 2.83 bits per heavy atom. The number of nitrogens with one attached hydrogen (secondary N) is 1. The first kappa shape index (κ1) is 16.7. The topological polar surface area (TPSA) is 81.4 Å². The minimum Gasteiger partial charge on any atom is -0.492 e. The van der Waals surface area contributed by atoms with Gasteiger partial charge in [-0.15, -0.1) is 0 Å². The molecular weight excluding hydrogens is 312 g/mol. The molecule has 3 rings (SSSR count). The van der Waals surface area contributed by atoms with Gasteiger partial charge in [-0.3, -0.25) is 0 Å². The maximum atomic E-state index is 11.4. The van der Waals surface area contributed by atoms with Gasteiger partial charge in [0, 0.05) is 6.04 Å². The van der Waals surface area contributed by atoms with Crippen LogP contribution in [0.1, 0.15) is 37.3 Å². The number of nitrogens with two attached hydrogens (primary N) is 1. The average molecular weight is 338 g/mol. The van der Waals surface area contributed by atoms with Crippen LogP contribution in [-0.2, 0) is 22.9 Å². The molecule has 0 radical (unpaired) electrons. The minimum atomic E-state index is -3.44. The summed E-state index contributed by atoms with van der Waals surface area (Å²) < 4.78 is 28.7. The minimum absolute atomic E-state index is 0.352. The first-order chi connectivity index (χ1) is 10.9. The molecule has 1 aromatic rings. The van der Waals surface area contributed by atoms with E-state index in [1.165, 1.54) is 24.0 Å². The molecule has 0 bridgehead atoms. The van der Waals surface area contributed by atoms with Gasteiger partial charge in [0.25, 0.3) is 0 Å². The Balaban J connectivity index is 1.57. The summed E-state index contributed by atoms with van der Waals surface area (Å²) in [6, 6.07) is 6.73. The Kier molecular flexibility index (Phi) is 4.94. The SMILES string of the molecule is CC(C[C@H]1Cc2ccc(OC[C@H]3CCCN3)cc2C1)S(N)(=O)=O. The van der Waals surface area contributed by atoms with Gasteiger partial charge in [0.05, 0.1) is 5.25 Å². The molecule has 0 amide bonds. The third-order valence-electron chi connectivity index (χ3n) is 5.03. The molecule has 1 heterocycles. The largest absolute Gasteiger partial charge is 0.492 e. The molecule has 3 N–H and O–H groups in total. The molecule has 0 aromatic heterocycles. The lowest BCUT2D eigenvalue weighted by molar-refractivity contribution is 0.277. The van der Waals surface area contributed by atoms with E-state index in [1.54, 1.807) is 6.92 Å². The second kappa shape index (κ2) is 6.79. The van der Waals surface area contributed by atoms with Crippen LogP contribution in [0, 0.1) is 5.92 Å². The van der Waals surface area contributed by atoms with Crippen LogP contribution < -0.4 is 15.2 Å². The monoisotopic (exact) mass is 338 g/mol. The van der Waals surface area contributed by atoms with Crippen LogP contribution in [0.25, 0.3) is 0 Å². The highest BCUT2D eigenvalue weighted by Crippen LogP contribution is 2.33. The van der Waals surface area contributed by atoms with E-state index in [4.69, 9.17) is 9.88 Å². The fourth-order valence-electron chi connectivity index (χ4n) is 3.64. The predicted octanol–water partition coefficient (Wildman–Crippen LogP) is 1.60. The maximum absolute atomic E-state index is 11.4. The Morgan fingerprint density at radius 1 is 1.35 bits per heavy atom. The zero-order valence-electron chi connectivity index (χ0n) is 13.6. The van der Waals surface area contributed by atoms with Gasteiger partial charge >= 0.3 is 0 Å². The van der Waals surface area contributed by atoms with Gasteiger partial charge in [-0.05, 0) is 74.8 Å². The van der Waals surface area contributed by atoms with Crippen molar-refractivity contribution in [3.8, 4) is 5.75 Å². The standard InChI is InChI=1S/C17H26N2O3S/c1-12(23(18,20)21)7-13-8-14-4-5-17(10-15(14)9-13)22-11-16-3-2-6-19-16/h4-5,10,12-13,16,19H,2-3,6-9,11H2,1H3,(H2,18,20,21)/t12?,13-,16+/m0/s1. The van der Waals surface area contributed by atoms with Crippen molar-refractivity contribution in [2.45, 2.75) is 50.3 Å².